The first-order valence-corrected chi connectivity index (χ1v) is 8.41. The van der Waals surface area contributed by atoms with Crippen LogP contribution >= 0.6 is 0 Å². The first-order chi connectivity index (χ1) is 12.2. The van der Waals surface area contributed by atoms with Gasteiger partial charge in [0.15, 0.2) is 5.65 Å². The van der Waals surface area contributed by atoms with E-state index in [1.165, 1.54) is 0 Å². The van der Waals surface area contributed by atoms with Gasteiger partial charge in [-0.15, -0.1) is 0 Å². The van der Waals surface area contributed by atoms with Crippen molar-refractivity contribution in [3.8, 4) is 5.75 Å². The van der Waals surface area contributed by atoms with Gasteiger partial charge in [-0.1, -0.05) is 18.2 Å². The first-order valence-electron chi connectivity index (χ1n) is 8.41. The van der Waals surface area contributed by atoms with Crippen molar-refractivity contribution in [1.29, 1.82) is 0 Å². The van der Waals surface area contributed by atoms with Gasteiger partial charge in [0.05, 0.1) is 13.5 Å². The van der Waals surface area contributed by atoms with Gasteiger partial charge in [0.25, 0.3) is 0 Å². The predicted molar refractivity (Wildman–Crippen MR) is 96.6 cm³/mol. The number of nitrogens with one attached hydrogen (secondary N) is 1. The van der Waals surface area contributed by atoms with Crippen molar-refractivity contribution in [1.82, 2.24) is 19.9 Å². The van der Waals surface area contributed by atoms with Crippen LogP contribution in [0.5, 0.6) is 5.75 Å². The molecule has 0 fully saturated rings. The molecule has 3 aromatic rings. The smallest absolute Gasteiger partial charge is 0.224 e. The van der Waals surface area contributed by atoms with Crippen LogP contribution in [0, 0.1) is 0 Å². The van der Waals surface area contributed by atoms with E-state index in [-0.39, 0.29) is 5.91 Å². The number of hydrogen-bond donors (Lipinski definition) is 1. The largest absolute Gasteiger partial charge is 0.496 e. The minimum absolute atomic E-state index is 0.0261. The van der Waals surface area contributed by atoms with Gasteiger partial charge in [-0.25, -0.2) is 9.97 Å². The molecule has 0 bridgehead atoms. The minimum Gasteiger partial charge on any atom is -0.496 e. The van der Waals surface area contributed by atoms with Crippen molar-refractivity contribution in [2.45, 2.75) is 26.3 Å². The van der Waals surface area contributed by atoms with Gasteiger partial charge in [-0.3, -0.25) is 4.79 Å². The number of aryl methyl sites for hydroxylation is 1. The molecule has 0 atom stereocenters. The number of amides is 1. The number of aromatic nitrogens is 3. The van der Waals surface area contributed by atoms with Crippen molar-refractivity contribution in [2.75, 3.05) is 13.7 Å². The highest BCUT2D eigenvalue weighted by molar-refractivity contribution is 5.79. The molecular formula is C19H22N4O2. The van der Waals surface area contributed by atoms with Crippen LogP contribution in [0.4, 0.5) is 0 Å². The molecule has 3 rings (SSSR count). The van der Waals surface area contributed by atoms with E-state index in [9.17, 15) is 4.79 Å². The van der Waals surface area contributed by atoms with E-state index < -0.39 is 0 Å². The molecule has 0 aliphatic rings. The summed E-state index contributed by atoms with van der Waals surface area (Å²) in [4.78, 5) is 21.2. The highest BCUT2D eigenvalue weighted by Crippen LogP contribution is 2.17. The fraction of sp³-hybridized carbons (Fsp3) is 0.316. The van der Waals surface area contributed by atoms with Crippen molar-refractivity contribution in [3.63, 3.8) is 0 Å². The number of methoxy groups -OCH3 is 1. The maximum absolute atomic E-state index is 12.2. The molecule has 0 aliphatic carbocycles. The number of benzene rings is 1. The van der Waals surface area contributed by atoms with Crippen LogP contribution in [0.25, 0.3) is 11.2 Å². The summed E-state index contributed by atoms with van der Waals surface area (Å²) in [6, 6.07) is 11.4. The summed E-state index contributed by atoms with van der Waals surface area (Å²) in [5.41, 5.74) is 2.66. The maximum atomic E-state index is 12.2. The molecule has 130 valence electrons. The van der Waals surface area contributed by atoms with E-state index in [0.717, 1.165) is 34.8 Å². The lowest BCUT2D eigenvalue weighted by Gasteiger charge is -2.09. The second kappa shape index (κ2) is 7.79. The summed E-state index contributed by atoms with van der Waals surface area (Å²) in [5, 5.41) is 2.96. The average Bonchev–Trinajstić information content (AvgIpc) is 2.99. The molecule has 2 heterocycles. The van der Waals surface area contributed by atoms with E-state index in [1.807, 2.05) is 36.4 Å². The Labute approximate surface area is 146 Å². The molecule has 25 heavy (non-hydrogen) atoms. The Morgan fingerprint density at radius 1 is 1.24 bits per heavy atom. The monoisotopic (exact) mass is 338 g/mol. The second-order valence-electron chi connectivity index (χ2n) is 5.71. The van der Waals surface area contributed by atoms with E-state index in [4.69, 9.17) is 4.74 Å². The number of pyridine rings is 1. The third-order valence-electron chi connectivity index (χ3n) is 4.11. The van der Waals surface area contributed by atoms with Crippen LogP contribution < -0.4 is 10.1 Å². The molecule has 0 saturated heterocycles. The Kier molecular flexibility index (Phi) is 5.28. The van der Waals surface area contributed by atoms with Crippen molar-refractivity contribution >= 4 is 17.1 Å². The standard InChI is InChI=1S/C19H22N4O2/c1-3-23-17(22-15-8-6-11-21-19(15)23)10-12-20-18(24)13-14-7-4-5-9-16(14)25-2/h4-9,11H,3,10,12-13H2,1-2H3,(H,20,24). The number of para-hydroxylation sites is 1. The first kappa shape index (κ1) is 17.0. The molecule has 0 saturated carbocycles. The van der Waals surface area contributed by atoms with Crippen LogP contribution in [0.3, 0.4) is 0 Å². The summed E-state index contributed by atoms with van der Waals surface area (Å²) in [6.45, 7) is 3.41. The van der Waals surface area contributed by atoms with Gasteiger partial charge in [-0.05, 0) is 25.1 Å². The van der Waals surface area contributed by atoms with Crippen molar-refractivity contribution in [2.24, 2.45) is 0 Å². The lowest BCUT2D eigenvalue weighted by Crippen LogP contribution is -2.28. The SMILES string of the molecule is CCn1c(CCNC(=O)Cc2ccccc2OC)nc2cccnc21. The fourth-order valence-electron chi connectivity index (χ4n) is 2.93. The van der Waals surface area contributed by atoms with Crippen LogP contribution in [-0.2, 0) is 24.2 Å². The van der Waals surface area contributed by atoms with Gasteiger partial charge < -0.3 is 14.6 Å². The Bertz CT molecular complexity index is 873. The van der Waals surface area contributed by atoms with E-state index in [0.29, 0.717) is 19.4 Å². The molecule has 0 aliphatic heterocycles. The Morgan fingerprint density at radius 3 is 2.88 bits per heavy atom. The molecule has 2 aromatic heterocycles. The predicted octanol–water partition coefficient (Wildman–Crippen LogP) is 2.36. The van der Waals surface area contributed by atoms with Crippen LogP contribution in [0.1, 0.15) is 18.3 Å². The number of carbonyl (C=O) groups is 1. The number of carbonyl (C=O) groups excluding carboxylic acids is 1. The third-order valence-corrected chi connectivity index (χ3v) is 4.11. The Balaban J connectivity index is 1.60. The lowest BCUT2D eigenvalue weighted by atomic mass is 10.1. The van der Waals surface area contributed by atoms with E-state index in [1.54, 1.807) is 13.3 Å². The number of rotatable bonds is 7. The maximum Gasteiger partial charge on any atom is 0.224 e. The zero-order valence-corrected chi connectivity index (χ0v) is 14.5. The number of fused-ring (bicyclic) bond motifs is 1. The van der Waals surface area contributed by atoms with Gasteiger partial charge >= 0.3 is 0 Å². The molecular weight excluding hydrogens is 316 g/mol. The number of hydrogen-bond acceptors (Lipinski definition) is 4. The van der Waals surface area contributed by atoms with Crippen molar-refractivity contribution in [3.05, 3.63) is 54.0 Å². The molecule has 6 nitrogen and oxygen atoms in total. The fourth-order valence-corrected chi connectivity index (χ4v) is 2.93. The molecule has 6 heteroatoms. The van der Waals surface area contributed by atoms with Gasteiger partial charge in [0.2, 0.25) is 5.91 Å². The summed E-state index contributed by atoms with van der Waals surface area (Å²) in [5.74, 6) is 1.65. The minimum atomic E-state index is -0.0261. The third kappa shape index (κ3) is 3.79. The molecule has 1 aromatic carbocycles. The summed E-state index contributed by atoms with van der Waals surface area (Å²) >= 11 is 0. The van der Waals surface area contributed by atoms with E-state index in [2.05, 4.69) is 26.8 Å². The van der Waals surface area contributed by atoms with Crippen molar-refractivity contribution < 1.29 is 9.53 Å². The molecule has 1 amide bonds. The molecule has 0 radical (unpaired) electrons. The summed E-state index contributed by atoms with van der Waals surface area (Å²) in [6.07, 6.45) is 2.74. The molecule has 0 unspecified atom stereocenters. The van der Waals surface area contributed by atoms with Crippen LogP contribution in [-0.4, -0.2) is 34.1 Å². The average molecular weight is 338 g/mol. The Morgan fingerprint density at radius 2 is 2.08 bits per heavy atom. The number of ether oxygens (including phenoxy) is 1. The van der Waals surface area contributed by atoms with Gasteiger partial charge in [0.1, 0.15) is 17.1 Å². The normalized spacial score (nSPS) is 10.8. The second-order valence-corrected chi connectivity index (χ2v) is 5.71. The Hall–Kier alpha value is -2.89. The lowest BCUT2D eigenvalue weighted by molar-refractivity contribution is -0.120. The number of nitrogens with zero attached hydrogens (tertiary/aromatic N) is 3. The molecule has 0 spiro atoms. The quantitative estimate of drug-likeness (QED) is 0.718. The van der Waals surface area contributed by atoms with Crippen LogP contribution in [0.2, 0.25) is 0 Å². The highest BCUT2D eigenvalue weighted by Gasteiger charge is 2.11. The highest BCUT2D eigenvalue weighted by atomic mass is 16.5. The van der Waals surface area contributed by atoms with Gasteiger partial charge in [0, 0.05) is 31.3 Å². The van der Waals surface area contributed by atoms with Crippen LogP contribution in [0.15, 0.2) is 42.6 Å². The number of imidazole rings is 1. The topological polar surface area (TPSA) is 69.0 Å². The zero-order chi connectivity index (χ0) is 17.6. The van der Waals surface area contributed by atoms with Gasteiger partial charge in [-0.2, -0.15) is 0 Å². The van der Waals surface area contributed by atoms with E-state index >= 15 is 0 Å². The molecule has 1 N–H and O–H groups in total. The summed E-state index contributed by atoms with van der Waals surface area (Å²) in [7, 11) is 1.61. The summed E-state index contributed by atoms with van der Waals surface area (Å²) < 4.78 is 7.37. The zero-order valence-electron chi connectivity index (χ0n) is 14.5.